The number of hydrogen-bond donors (Lipinski definition) is 2. The van der Waals surface area contributed by atoms with Gasteiger partial charge in [-0.2, -0.15) is 0 Å². The minimum absolute atomic E-state index is 0.128. The van der Waals surface area contributed by atoms with Crippen LogP contribution in [0.5, 0.6) is 5.75 Å². The number of hydrogen-bond acceptors (Lipinski definition) is 3. The molecule has 0 atom stereocenters. The number of anilines is 1. The Labute approximate surface area is 126 Å². The third kappa shape index (κ3) is 2.85. The molecule has 0 aliphatic carbocycles. The van der Waals surface area contributed by atoms with E-state index in [0.717, 1.165) is 6.07 Å². The molecule has 0 aliphatic rings. The van der Waals surface area contributed by atoms with Crippen LogP contribution >= 0.6 is 12.2 Å². The molecule has 21 heavy (non-hydrogen) atoms. The van der Waals surface area contributed by atoms with Crippen molar-refractivity contribution >= 4 is 28.8 Å². The second kappa shape index (κ2) is 5.88. The monoisotopic (exact) mass is 304 g/mol. The second-order valence-electron chi connectivity index (χ2n) is 4.38. The summed E-state index contributed by atoms with van der Waals surface area (Å²) in [7, 11) is 1.46. The van der Waals surface area contributed by atoms with Crippen LogP contribution in [0.1, 0.15) is 15.9 Å². The molecule has 2 aromatic carbocycles. The largest absolute Gasteiger partial charge is 0.507 e. The fraction of sp³-hybridized carbons (Fsp3) is 0.0667. The summed E-state index contributed by atoms with van der Waals surface area (Å²) in [5, 5.41) is 9.70. The molecule has 0 fully saturated rings. The molecule has 2 aromatic rings. The van der Waals surface area contributed by atoms with E-state index >= 15 is 0 Å². The van der Waals surface area contributed by atoms with Gasteiger partial charge in [-0.15, -0.1) is 0 Å². The number of carbonyl (C=O) groups is 1. The normalized spacial score (nSPS) is 10.2. The lowest BCUT2D eigenvalue weighted by Gasteiger charge is -2.21. The maximum Gasteiger partial charge on any atom is 0.264 e. The first kappa shape index (κ1) is 14.9. The smallest absolute Gasteiger partial charge is 0.264 e. The van der Waals surface area contributed by atoms with Gasteiger partial charge in [-0.1, -0.05) is 30.4 Å². The Kier molecular flexibility index (Phi) is 4.18. The van der Waals surface area contributed by atoms with Crippen molar-refractivity contribution in [3.8, 4) is 5.75 Å². The molecular weight excluding hydrogens is 291 g/mol. The van der Waals surface area contributed by atoms with E-state index < -0.39 is 23.0 Å². The SMILES string of the molecule is CN(C(=O)c1c(O)cccc1F)c1ccccc1C(N)=S. The summed E-state index contributed by atoms with van der Waals surface area (Å²) in [6, 6.07) is 10.4. The van der Waals surface area contributed by atoms with Gasteiger partial charge in [-0.3, -0.25) is 4.79 Å². The van der Waals surface area contributed by atoms with Gasteiger partial charge in [0.15, 0.2) is 0 Å². The fourth-order valence-electron chi connectivity index (χ4n) is 1.98. The van der Waals surface area contributed by atoms with Gasteiger partial charge in [0.1, 0.15) is 22.1 Å². The number of para-hydroxylation sites is 1. The van der Waals surface area contributed by atoms with Crippen LogP contribution in [0.15, 0.2) is 42.5 Å². The summed E-state index contributed by atoms with van der Waals surface area (Å²) in [5.74, 6) is -1.89. The van der Waals surface area contributed by atoms with Crippen molar-refractivity contribution in [3.63, 3.8) is 0 Å². The average Bonchev–Trinajstić information content (AvgIpc) is 2.46. The van der Waals surface area contributed by atoms with Crippen molar-refractivity contribution in [2.75, 3.05) is 11.9 Å². The number of nitrogens with zero attached hydrogens (tertiary/aromatic N) is 1. The first-order chi connectivity index (χ1) is 9.93. The number of rotatable bonds is 3. The molecule has 0 unspecified atom stereocenters. The average molecular weight is 304 g/mol. The van der Waals surface area contributed by atoms with Crippen LogP contribution in [0.3, 0.4) is 0 Å². The maximum atomic E-state index is 13.8. The highest BCUT2D eigenvalue weighted by molar-refractivity contribution is 7.80. The number of carbonyl (C=O) groups excluding carboxylic acids is 1. The molecular formula is C15H13FN2O2S. The first-order valence-electron chi connectivity index (χ1n) is 6.08. The van der Waals surface area contributed by atoms with E-state index in [1.165, 1.54) is 24.1 Å². The molecule has 2 rings (SSSR count). The van der Waals surface area contributed by atoms with Crippen LogP contribution in [-0.4, -0.2) is 23.0 Å². The van der Waals surface area contributed by atoms with Crippen LogP contribution in [-0.2, 0) is 0 Å². The zero-order valence-electron chi connectivity index (χ0n) is 11.2. The number of halogens is 1. The van der Waals surface area contributed by atoms with Crippen LogP contribution in [0.4, 0.5) is 10.1 Å². The lowest BCUT2D eigenvalue weighted by molar-refractivity contribution is 0.0986. The van der Waals surface area contributed by atoms with Crippen molar-refractivity contribution in [3.05, 3.63) is 59.4 Å². The third-order valence-corrected chi connectivity index (χ3v) is 3.26. The Morgan fingerprint density at radius 3 is 2.52 bits per heavy atom. The highest BCUT2D eigenvalue weighted by Gasteiger charge is 2.23. The molecule has 108 valence electrons. The Morgan fingerprint density at radius 1 is 1.24 bits per heavy atom. The van der Waals surface area contributed by atoms with Crippen LogP contribution < -0.4 is 10.6 Å². The highest BCUT2D eigenvalue weighted by atomic mass is 32.1. The van der Waals surface area contributed by atoms with Crippen LogP contribution in [0, 0.1) is 5.82 Å². The molecule has 1 amide bonds. The Hall–Kier alpha value is -2.47. The molecule has 0 saturated carbocycles. The predicted octanol–water partition coefficient (Wildman–Crippen LogP) is 2.44. The lowest BCUT2D eigenvalue weighted by Crippen LogP contribution is -2.29. The molecule has 0 heterocycles. The van der Waals surface area contributed by atoms with Crippen molar-refractivity contribution in [1.82, 2.24) is 0 Å². The van der Waals surface area contributed by atoms with Gasteiger partial charge >= 0.3 is 0 Å². The summed E-state index contributed by atoms with van der Waals surface area (Å²) < 4.78 is 13.8. The van der Waals surface area contributed by atoms with Gasteiger partial charge < -0.3 is 15.7 Å². The predicted molar refractivity (Wildman–Crippen MR) is 83.1 cm³/mol. The lowest BCUT2D eigenvalue weighted by atomic mass is 10.1. The number of amides is 1. The van der Waals surface area contributed by atoms with Crippen molar-refractivity contribution < 1.29 is 14.3 Å². The van der Waals surface area contributed by atoms with Crippen molar-refractivity contribution in [1.29, 1.82) is 0 Å². The number of thiocarbonyl (C=S) groups is 1. The molecule has 0 aliphatic heterocycles. The number of nitrogens with two attached hydrogens (primary N) is 1. The molecule has 6 heteroatoms. The molecule has 0 aromatic heterocycles. The molecule has 4 nitrogen and oxygen atoms in total. The summed E-state index contributed by atoms with van der Waals surface area (Å²) in [6.45, 7) is 0. The highest BCUT2D eigenvalue weighted by Crippen LogP contribution is 2.26. The number of phenolic OH excluding ortho intramolecular Hbond substituents is 1. The zero-order valence-corrected chi connectivity index (χ0v) is 12.0. The van der Waals surface area contributed by atoms with E-state index in [9.17, 15) is 14.3 Å². The quantitative estimate of drug-likeness (QED) is 0.855. The van der Waals surface area contributed by atoms with Crippen molar-refractivity contribution in [2.24, 2.45) is 5.73 Å². The Morgan fingerprint density at radius 2 is 1.90 bits per heavy atom. The van der Waals surface area contributed by atoms with E-state index in [0.29, 0.717) is 11.3 Å². The summed E-state index contributed by atoms with van der Waals surface area (Å²) in [5.41, 5.74) is 6.17. The van der Waals surface area contributed by atoms with Gasteiger partial charge in [-0.05, 0) is 24.3 Å². The van der Waals surface area contributed by atoms with Crippen LogP contribution in [0.2, 0.25) is 0 Å². The van der Waals surface area contributed by atoms with E-state index in [2.05, 4.69) is 0 Å². The molecule has 0 saturated heterocycles. The van der Waals surface area contributed by atoms with E-state index in [4.69, 9.17) is 18.0 Å². The van der Waals surface area contributed by atoms with Gasteiger partial charge in [0.05, 0.1) is 5.69 Å². The topological polar surface area (TPSA) is 66.6 Å². The van der Waals surface area contributed by atoms with Gasteiger partial charge in [0.2, 0.25) is 0 Å². The molecule has 3 N–H and O–H groups in total. The van der Waals surface area contributed by atoms with Gasteiger partial charge in [0.25, 0.3) is 5.91 Å². The fourth-order valence-corrected chi connectivity index (χ4v) is 2.15. The van der Waals surface area contributed by atoms with Crippen LogP contribution in [0.25, 0.3) is 0 Å². The Balaban J connectivity index is 2.48. The van der Waals surface area contributed by atoms with Gasteiger partial charge in [0, 0.05) is 12.6 Å². The molecule has 0 radical (unpaired) electrons. The Bertz CT molecular complexity index is 698. The minimum atomic E-state index is -0.792. The first-order valence-corrected chi connectivity index (χ1v) is 6.48. The van der Waals surface area contributed by atoms with E-state index in [1.807, 2.05) is 0 Å². The minimum Gasteiger partial charge on any atom is -0.507 e. The molecule has 0 spiro atoms. The standard InChI is InChI=1S/C15H13FN2O2S/c1-18(11-7-3-2-5-9(11)14(17)21)15(20)13-10(16)6-4-8-12(13)19/h2-8,19H,1H3,(H2,17,21). The van der Waals surface area contributed by atoms with Crippen molar-refractivity contribution in [2.45, 2.75) is 0 Å². The van der Waals surface area contributed by atoms with Gasteiger partial charge in [-0.25, -0.2) is 4.39 Å². The zero-order chi connectivity index (χ0) is 15.6. The summed E-state index contributed by atoms with van der Waals surface area (Å²) in [4.78, 5) is 13.7. The molecule has 0 bridgehead atoms. The third-order valence-electron chi connectivity index (χ3n) is 3.04. The number of phenols is 1. The van der Waals surface area contributed by atoms with E-state index in [-0.39, 0.29) is 4.99 Å². The second-order valence-corrected chi connectivity index (χ2v) is 4.82. The maximum absolute atomic E-state index is 13.8. The summed E-state index contributed by atoms with van der Waals surface area (Å²) in [6.07, 6.45) is 0. The number of aromatic hydroxyl groups is 1. The summed E-state index contributed by atoms with van der Waals surface area (Å²) >= 11 is 4.94. The van der Waals surface area contributed by atoms with E-state index in [1.54, 1.807) is 24.3 Å². The number of benzene rings is 2.